The van der Waals surface area contributed by atoms with E-state index in [0.717, 1.165) is 14.9 Å². The summed E-state index contributed by atoms with van der Waals surface area (Å²) < 4.78 is 12.3. The minimum atomic E-state index is -0.668. The lowest BCUT2D eigenvalue weighted by atomic mass is 10.1. The van der Waals surface area contributed by atoms with Gasteiger partial charge in [-0.2, -0.15) is 0 Å². The van der Waals surface area contributed by atoms with Gasteiger partial charge in [0.2, 0.25) is 0 Å². The number of nitrogens with zero attached hydrogens (tertiary/aromatic N) is 1. The molecule has 6 nitrogen and oxygen atoms in total. The number of amides is 2. The predicted octanol–water partition coefficient (Wildman–Crippen LogP) is 6.83. The number of ether oxygens (including phenoxy) is 2. The second kappa shape index (κ2) is 11.2. The van der Waals surface area contributed by atoms with E-state index in [-0.39, 0.29) is 38.0 Å². The van der Waals surface area contributed by atoms with Crippen molar-refractivity contribution < 1.29 is 19.1 Å². The standard InChI is InChI=1S/C25H16BrCl3N2O4S/c1-34-20-11-14(10-18(28)22(20)35-12-13-5-7-15(26)8-6-13)9-16-23(32)30-25(36)31(24(16)33)19-4-2-3-17(27)21(19)29/h2-11H,12H2,1H3,(H,30,32,36)/b16-9+. The smallest absolute Gasteiger partial charge is 0.270 e. The molecule has 0 bridgehead atoms. The number of benzene rings is 3. The van der Waals surface area contributed by atoms with Gasteiger partial charge in [0.1, 0.15) is 12.2 Å². The molecule has 3 aromatic carbocycles. The third-order valence-corrected chi connectivity index (χ3v) is 7.04. The number of rotatable bonds is 6. The molecule has 1 aliphatic heterocycles. The van der Waals surface area contributed by atoms with Crippen LogP contribution in [0.5, 0.6) is 11.5 Å². The zero-order valence-electron chi connectivity index (χ0n) is 18.5. The van der Waals surface area contributed by atoms with E-state index in [1.165, 1.54) is 13.2 Å². The molecule has 1 N–H and O–H groups in total. The van der Waals surface area contributed by atoms with E-state index in [9.17, 15) is 9.59 Å². The van der Waals surface area contributed by atoms with Gasteiger partial charge in [0.05, 0.1) is 27.9 Å². The average Bonchev–Trinajstić information content (AvgIpc) is 2.84. The lowest BCUT2D eigenvalue weighted by Crippen LogP contribution is -2.54. The quantitative estimate of drug-likeness (QED) is 0.185. The van der Waals surface area contributed by atoms with Crippen molar-refractivity contribution in [1.29, 1.82) is 0 Å². The van der Waals surface area contributed by atoms with Gasteiger partial charge in [-0.05, 0) is 65.8 Å². The summed E-state index contributed by atoms with van der Waals surface area (Å²) in [4.78, 5) is 27.1. The largest absolute Gasteiger partial charge is 0.493 e. The Morgan fingerprint density at radius 2 is 1.78 bits per heavy atom. The molecule has 0 saturated carbocycles. The molecule has 1 saturated heterocycles. The van der Waals surface area contributed by atoms with E-state index in [1.54, 1.807) is 30.3 Å². The number of methoxy groups -OCH3 is 1. The van der Waals surface area contributed by atoms with E-state index in [2.05, 4.69) is 21.2 Å². The number of thiocarbonyl (C=S) groups is 1. The molecule has 3 aromatic rings. The van der Waals surface area contributed by atoms with Crippen LogP contribution in [0.1, 0.15) is 11.1 Å². The fourth-order valence-corrected chi connectivity index (χ4v) is 4.60. The molecule has 0 atom stereocenters. The van der Waals surface area contributed by atoms with Crippen LogP contribution in [0.3, 0.4) is 0 Å². The van der Waals surface area contributed by atoms with Crippen LogP contribution in [0.15, 0.2) is 64.6 Å². The van der Waals surface area contributed by atoms with Crippen molar-refractivity contribution in [3.8, 4) is 11.5 Å². The van der Waals surface area contributed by atoms with Crippen molar-refractivity contribution in [1.82, 2.24) is 5.32 Å². The van der Waals surface area contributed by atoms with Crippen molar-refractivity contribution in [2.24, 2.45) is 0 Å². The lowest BCUT2D eigenvalue weighted by Gasteiger charge is -2.29. The molecule has 11 heteroatoms. The first-order valence-electron chi connectivity index (χ1n) is 10.3. The Kier molecular flexibility index (Phi) is 8.22. The van der Waals surface area contributed by atoms with Gasteiger partial charge in [0, 0.05) is 4.47 Å². The summed E-state index contributed by atoms with van der Waals surface area (Å²) in [7, 11) is 1.47. The van der Waals surface area contributed by atoms with Gasteiger partial charge in [-0.3, -0.25) is 19.8 Å². The minimum absolute atomic E-state index is 0.112. The van der Waals surface area contributed by atoms with Crippen LogP contribution in [-0.4, -0.2) is 24.0 Å². The van der Waals surface area contributed by atoms with Crippen LogP contribution in [0.4, 0.5) is 5.69 Å². The molecule has 4 rings (SSSR count). The van der Waals surface area contributed by atoms with E-state index < -0.39 is 11.8 Å². The molecule has 0 spiro atoms. The maximum atomic E-state index is 13.3. The molecule has 0 unspecified atom stereocenters. The van der Waals surface area contributed by atoms with E-state index in [0.29, 0.717) is 17.1 Å². The number of hydrogen-bond acceptors (Lipinski definition) is 5. The molecule has 0 radical (unpaired) electrons. The molecule has 1 fully saturated rings. The zero-order chi connectivity index (χ0) is 26.0. The van der Waals surface area contributed by atoms with E-state index in [4.69, 9.17) is 56.5 Å². The summed E-state index contributed by atoms with van der Waals surface area (Å²) in [6.07, 6.45) is 1.39. The normalized spacial score (nSPS) is 14.8. The van der Waals surface area contributed by atoms with Crippen LogP contribution in [-0.2, 0) is 16.2 Å². The van der Waals surface area contributed by atoms with Crippen LogP contribution in [0.25, 0.3) is 6.08 Å². The maximum absolute atomic E-state index is 13.3. The molecule has 36 heavy (non-hydrogen) atoms. The van der Waals surface area contributed by atoms with Crippen LogP contribution in [0.2, 0.25) is 15.1 Å². The highest BCUT2D eigenvalue weighted by molar-refractivity contribution is 9.10. The highest BCUT2D eigenvalue weighted by atomic mass is 79.9. The molecule has 0 aliphatic carbocycles. The van der Waals surface area contributed by atoms with Crippen molar-refractivity contribution in [3.63, 3.8) is 0 Å². The summed E-state index contributed by atoms with van der Waals surface area (Å²) in [6.45, 7) is 0.261. The van der Waals surface area contributed by atoms with Crippen LogP contribution < -0.4 is 19.7 Å². The first-order valence-corrected chi connectivity index (χ1v) is 12.6. The van der Waals surface area contributed by atoms with Crippen molar-refractivity contribution >= 4 is 91.6 Å². The summed E-state index contributed by atoms with van der Waals surface area (Å²) in [5.41, 5.74) is 1.44. The Balaban J connectivity index is 1.66. The fourth-order valence-electron chi connectivity index (χ4n) is 3.41. The van der Waals surface area contributed by atoms with Gasteiger partial charge in [0.25, 0.3) is 11.8 Å². The number of hydrogen-bond donors (Lipinski definition) is 1. The Morgan fingerprint density at radius 3 is 2.47 bits per heavy atom. The average molecular weight is 627 g/mol. The zero-order valence-corrected chi connectivity index (χ0v) is 23.2. The van der Waals surface area contributed by atoms with Gasteiger partial charge in [-0.25, -0.2) is 0 Å². The van der Waals surface area contributed by atoms with E-state index >= 15 is 0 Å². The lowest BCUT2D eigenvalue weighted by molar-refractivity contribution is -0.122. The number of anilines is 1. The molecule has 1 aliphatic rings. The van der Waals surface area contributed by atoms with E-state index in [1.807, 2.05) is 24.3 Å². The Labute approximate surface area is 235 Å². The van der Waals surface area contributed by atoms with Gasteiger partial charge in [-0.15, -0.1) is 0 Å². The second-order valence-corrected chi connectivity index (χ2v) is 9.97. The number of halogens is 4. The maximum Gasteiger partial charge on any atom is 0.270 e. The molecular formula is C25H16BrCl3N2O4S. The highest BCUT2D eigenvalue weighted by Gasteiger charge is 2.35. The number of carbonyl (C=O) groups excluding carboxylic acids is 2. The van der Waals surface area contributed by atoms with Crippen molar-refractivity contribution in [2.45, 2.75) is 6.61 Å². The predicted molar refractivity (Wildman–Crippen MR) is 149 cm³/mol. The number of nitrogens with one attached hydrogen (secondary N) is 1. The summed E-state index contributed by atoms with van der Waals surface area (Å²) in [5, 5.41) is 3.00. The highest BCUT2D eigenvalue weighted by Crippen LogP contribution is 2.38. The Morgan fingerprint density at radius 1 is 1.06 bits per heavy atom. The molecule has 1 heterocycles. The summed E-state index contributed by atoms with van der Waals surface area (Å²) >= 11 is 27.5. The Hall–Kier alpha value is -2.62. The summed E-state index contributed by atoms with van der Waals surface area (Å²) in [5.74, 6) is -0.666. The van der Waals surface area contributed by atoms with Crippen molar-refractivity contribution in [3.05, 3.63) is 90.8 Å². The molecular weight excluding hydrogens is 611 g/mol. The third-order valence-electron chi connectivity index (χ3n) is 5.13. The molecule has 184 valence electrons. The van der Waals surface area contributed by atoms with Gasteiger partial charge >= 0.3 is 0 Å². The van der Waals surface area contributed by atoms with Gasteiger partial charge < -0.3 is 9.47 Å². The monoisotopic (exact) mass is 624 g/mol. The first kappa shape index (κ1) is 26.4. The molecule has 2 amide bonds. The van der Waals surface area contributed by atoms with Crippen LogP contribution in [0, 0.1) is 0 Å². The topological polar surface area (TPSA) is 67.9 Å². The van der Waals surface area contributed by atoms with Crippen molar-refractivity contribution in [2.75, 3.05) is 12.0 Å². The number of carbonyl (C=O) groups is 2. The third kappa shape index (κ3) is 5.53. The molecule has 0 aromatic heterocycles. The Bertz CT molecular complexity index is 1410. The second-order valence-electron chi connectivity index (χ2n) is 7.48. The summed E-state index contributed by atoms with van der Waals surface area (Å²) in [6, 6.07) is 15.6. The van der Waals surface area contributed by atoms with Gasteiger partial charge in [-0.1, -0.05) is 68.9 Å². The SMILES string of the molecule is COc1cc(/C=C2\C(=O)NC(=S)N(c3cccc(Cl)c3Cl)C2=O)cc(Cl)c1OCc1ccc(Br)cc1. The first-order chi connectivity index (χ1) is 17.2. The fraction of sp³-hybridized carbons (Fsp3) is 0.0800. The van der Waals surface area contributed by atoms with Crippen LogP contribution >= 0.6 is 63.0 Å². The minimum Gasteiger partial charge on any atom is -0.493 e. The van der Waals surface area contributed by atoms with Gasteiger partial charge in [0.15, 0.2) is 16.6 Å².